The van der Waals surface area contributed by atoms with Gasteiger partial charge in [0.1, 0.15) is 17.5 Å². The average Bonchev–Trinajstić information content (AvgIpc) is 2.62. The normalized spacial score (nSPS) is 11.8. The highest BCUT2D eigenvalue weighted by Gasteiger charge is 2.13. The van der Waals surface area contributed by atoms with Gasteiger partial charge in [-0.15, -0.1) is 0 Å². The van der Waals surface area contributed by atoms with Crippen LogP contribution in [0.3, 0.4) is 0 Å². The summed E-state index contributed by atoms with van der Waals surface area (Å²) in [6, 6.07) is 14.3. The number of anilines is 1. The number of rotatable bonds is 7. The summed E-state index contributed by atoms with van der Waals surface area (Å²) >= 11 is 0. The molecule has 0 aliphatic heterocycles. The quantitative estimate of drug-likeness (QED) is 0.606. The fourth-order valence-electron chi connectivity index (χ4n) is 2.02. The van der Waals surface area contributed by atoms with Gasteiger partial charge in [-0.2, -0.15) is 5.10 Å². The molecule has 6 nitrogen and oxygen atoms in total. The highest BCUT2D eigenvalue weighted by atomic mass is 16.5. The molecule has 0 bridgehead atoms. The summed E-state index contributed by atoms with van der Waals surface area (Å²) in [6.07, 6.45) is 1.58. The van der Waals surface area contributed by atoms with E-state index in [1.807, 2.05) is 48.5 Å². The van der Waals surface area contributed by atoms with Crippen molar-refractivity contribution in [3.8, 4) is 11.5 Å². The molecule has 0 aromatic heterocycles. The molecular formula is C18H21N3O3. The summed E-state index contributed by atoms with van der Waals surface area (Å²) in [4.78, 5) is 12.1. The summed E-state index contributed by atoms with van der Waals surface area (Å²) in [6.45, 7) is 1.75. The molecule has 0 unspecified atom stereocenters. The molecule has 0 radical (unpaired) electrons. The summed E-state index contributed by atoms with van der Waals surface area (Å²) < 4.78 is 10.3. The Hall–Kier alpha value is -3.02. The van der Waals surface area contributed by atoms with E-state index in [1.54, 1.807) is 27.4 Å². The van der Waals surface area contributed by atoms with Crippen molar-refractivity contribution in [3.63, 3.8) is 0 Å². The van der Waals surface area contributed by atoms with Crippen molar-refractivity contribution >= 4 is 17.8 Å². The van der Waals surface area contributed by atoms with Gasteiger partial charge in [0.15, 0.2) is 0 Å². The van der Waals surface area contributed by atoms with Crippen molar-refractivity contribution in [2.24, 2.45) is 5.10 Å². The smallest absolute Gasteiger partial charge is 0.262 e. The number of carbonyl (C=O) groups is 1. The molecule has 0 saturated carbocycles. The van der Waals surface area contributed by atoms with Gasteiger partial charge >= 0.3 is 0 Å². The molecular weight excluding hydrogens is 306 g/mol. The molecule has 0 spiro atoms. The Bertz CT molecular complexity index is 699. The first-order valence-corrected chi connectivity index (χ1v) is 7.50. The number of benzene rings is 2. The number of amides is 1. The van der Waals surface area contributed by atoms with Crippen LogP contribution < -0.4 is 20.2 Å². The average molecular weight is 327 g/mol. The lowest BCUT2D eigenvalue weighted by atomic mass is 10.2. The van der Waals surface area contributed by atoms with Crippen molar-refractivity contribution in [1.82, 2.24) is 5.43 Å². The number of nitrogens with one attached hydrogen (secondary N) is 2. The number of hydrogen-bond acceptors (Lipinski definition) is 5. The van der Waals surface area contributed by atoms with Gasteiger partial charge in [0, 0.05) is 0 Å². The second kappa shape index (κ2) is 8.57. The molecule has 1 amide bonds. The molecule has 2 rings (SSSR count). The van der Waals surface area contributed by atoms with Crippen LogP contribution in [0, 0.1) is 0 Å². The second-order valence-electron chi connectivity index (χ2n) is 5.07. The van der Waals surface area contributed by atoms with E-state index in [0.29, 0.717) is 5.75 Å². The maximum atomic E-state index is 12.1. The molecule has 0 heterocycles. The minimum atomic E-state index is -0.464. The number of carbonyl (C=O) groups excluding carboxylic acids is 1. The van der Waals surface area contributed by atoms with Gasteiger partial charge in [-0.05, 0) is 48.9 Å². The van der Waals surface area contributed by atoms with Gasteiger partial charge in [-0.1, -0.05) is 12.1 Å². The van der Waals surface area contributed by atoms with E-state index in [2.05, 4.69) is 15.8 Å². The first-order valence-electron chi connectivity index (χ1n) is 7.50. The summed E-state index contributed by atoms with van der Waals surface area (Å²) in [5.74, 6) is 1.20. The van der Waals surface area contributed by atoms with Gasteiger partial charge in [-0.25, -0.2) is 5.43 Å². The van der Waals surface area contributed by atoms with Gasteiger partial charge < -0.3 is 14.8 Å². The monoisotopic (exact) mass is 327 g/mol. The number of ether oxygens (including phenoxy) is 2. The standard InChI is InChI=1S/C18H21N3O3/c1-13(20-16-6-4-5-7-17(16)24-3)18(22)21-19-12-14-8-10-15(23-2)11-9-14/h4-13,20H,1-3H3,(H,21,22)/b19-12-/t13-/m0/s1. The van der Waals surface area contributed by atoms with Crippen molar-refractivity contribution in [2.45, 2.75) is 13.0 Å². The van der Waals surface area contributed by atoms with Crippen LogP contribution in [0.4, 0.5) is 5.69 Å². The highest BCUT2D eigenvalue weighted by Crippen LogP contribution is 2.23. The molecule has 0 aliphatic rings. The Morgan fingerprint density at radius 3 is 2.46 bits per heavy atom. The molecule has 0 fully saturated rings. The fraction of sp³-hybridized carbons (Fsp3) is 0.222. The molecule has 1 atom stereocenters. The zero-order valence-electron chi connectivity index (χ0n) is 13.9. The lowest BCUT2D eigenvalue weighted by Crippen LogP contribution is -2.35. The molecule has 2 N–H and O–H groups in total. The predicted molar refractivity (Wildman–Crippen MR) is 94.8 cm³/mol. The second-order valence-corrected chi connectivity index (χ2v) is 5.07. The van der Waals surface area contributed by atoms with Crippen molar-refractivity contribution < 1.29 is 14.3 Å². The number of methoxy groups -OCH3 is 2. The summed E-state index contributed by atoms with van der Waals surface area (Å²) in [5.41, 5.74) is 4.13. The lowest BCUT2D eigenvalue weighted by molar-refractivity contribution is -0.121. The van der Waals surface area contributed by atoms with Crippen LogP contribution in [0.15, 0.2) is 53.6 Å². The molecule has 24 heavy (non-hydrogen) atoms. The maximum absolute atomic E-state index is 12.1. The molecule has 2 aromatic carbocycles. The minimum Gasteiger partial charge on any atom is -0.497 e. The van der Waals surface area contributed by atoms with Gasteiger partial charge in [0.05, 0.1) is 26.1 Å². The van der Waals surface area contributed by atoms with Crippen LogP contribution in [0.25, 0.3) is 0 Å². The van der Waals surface area contributed by atoms with E-state index < -0.39 is 6.04 Å². The fourth-order valence-corrected chi connectivity index (χ4v) is 2.02. The zero-order valence-corrected chi connectivity index (χ0v) is 13.9. The van der Waals surface area contributed by atoms with Crippen LogP contribution in [0.2, 0.25) is 0 Å². The van der Waals surface area contributed by atoms with Crippen molar-refractivity contribution in [2.75, 3.05) is 19.5 Å². The third-order valence-corrected chi connectivity index (χ3v) is 3.38. The number of nitrogens with zero attached hydrogens (tertiary/aromatic N) is 1. The summed E-state index contributed by atoms with van der Waals surface area (Å²) in [5, 5.41) is 7.06. The largest absolute Gasteiger partial charge is 0.497 e. The van der Waals surface area contributed by atoms with Crippen LogP contribution in [0.5, 0.6) is 11.5 Å². The molecule has 0 saturated heterocycles. The minimum absolute atomic E-state index is 0.245. The Morgan fingerprint density at radius 1 is 1.08 bits per heavy atom. The zero-order chi connectivity index (χ0) is 17.4. The van der Waals surface area contributed by atoms with Crippen LogP contribution >= 0.6 is 0 Å². The lowest BCUT2D eigenvalue weighted by Gasteiger charge is -2.15. The van der Waals surface area contributed by atoms with Crippen LogP contribution in [0.1, 0.15) is 12.5 Å². The van der Waals surface area contributed by atoms with E-state index in [4.69, 9.17) is 9.47 Å². The van der Waals surface area contributed by atoms with Gasteiger partial charge in [0.2, 0.25) is 0 Å². The highest BCUT2D eigenvalue weighted by molar-refractivity contribution is 5.86. The first-order chi connectivity index (χ1) is 11.6. The number of para-hydroxylation sites is 2. The number of hydrogen-bond donors (Lipinski definition) is 2. The topological polar surface area (TPSA) is 72.0 Å². The van der Waals surface area contributed by atoms with E-state index in [1.165, 1.54) is 0 Å². The van der Waals surface area contributed by atoms with E-state index in [0.717, 1.165) is 17.0 Å². The first kappa shape index (κ1) is 17.3. The van der Waals surface area contributed by atoms with Crippen LogP contribution in [-0.4, -0.2) is 32.4 Å². The molecule has 2 aromatic rings. The SMILES string of the molecule is COc1ccc(/C=N\NC(=O)[C@H](C)Nc2ccccc2OC)cc1. The van der Waals surface area contributed by atoms with E-state index in [9.17, 15) is 4.79 Å². The van der Waals surface area contributed by atoms with Crippen LogP contribution in [-0.2, 0) is 4.79 Å². The van der Waals surface area contributed by atoms with E-state index >= 15 is 0 Å². The third kappa shape index (κ3) is 4.74. The Labute approximate surface area is 141 Å². The van der Waals surface area contributed by atoms with Crippen molar-refractivity contribution in [1.29, 1.82) is 0 Å². The molecule has 0 aliphatic carbocycles. The van der Waals surface area contributed by atoms with Gasteiger partial charge in [-0.3, -0.25) is 4.79 Å². The Balaban J connectivity index is 1.90. The molecule has 126 valence electrons. The maximum Gasteiger partial charge on any atom is 0.262 e. The van der Waals surface area contributed by atoms with Crippen molar-refractivity contribution in [3.05, 3.63) is 54.1 Å². The predicted octanol–water partition coefficient (Wildman–Crippen LogP) is 2.65. The van der Waals surface area contributed by atoms with E-state index in [-0.39, 0.29) is 5.91 Å². The Morgan fingerprint density at radius 2 is 1.79 bits per heavy atom. The summed E-state index contributed by atoms with van der Waals surface area (Å²) in [7, 11) is 3.20. The molecule has 6 heteroatoms. The number of hydrazone groups is 1. The van der Waals surface area contributed by atoms with Gasteiger partial charge in [0.25, 0.3) is 5.91 Å². The Kier molecular flexibility index (Phi) is 6.19. The third-order valence-electron chi connectivity index (χ3n) is 3.38.